The van der Waals surface area contributed by atoms with E-state index in [1.54, 1.807) is 0 Å². The third kappa shape index (κ3) is 4.44. The molecule has 0 saturated heterocycles. The van der Waals surface area contributed by atoms with Crippen molar-refractivity contribution in [3.63, 3.8) is 0 Å². The molecule has 250 valence electrons. The lowest BCUT2D eigenvalue weighted by Gasteiger charge is -2.28. The maximum atomic E-state index is 7.24. The van der Waals surface area contributed by atoms with Crippen molar-refractivity contribution in [2.45, 2.75) is 12.3 Å². The van der Waals surface area contributed by atoms with Gasteiger partial charge in [-0.3, -0.25) is 0 Å². The fourth-order valence-corrected chi connectivity index (χ4v) is 9.92. The molecule has 11 rings (SSSR count). The second kappa shape index (κ2) is 11.5. The van der Waals surface area contributed by atoms with Gasteiger partial charge in [0.05, 0.1) is 5.69 Å². The van der Waals surface area contributed by atoms with Crippen LogP contribution in [0.15, 0.2) is 186 Å². The highest BCUT2D eigenvalue weighted by Crippen LogP contribution is 2.54. The van der Waals surface area contributed by atoms with Gasteiger partial charge in [0.2, 0.25) is 0 Å². The third-order valence-corrected chi connectivity index (χ3v) is 12.5. The Labute approximate surface area is 311 Å². The first kappa shape index (κ1) is 30.2. The monoisotopic (exact) mass is 695 g/mol. The van der Waals surface area contributed by atoms with Crippen molar-refractivity contribution in [3.8, 4) is 22.3 Å². The lowest BCUT2D eigenvalue weighted by atomic mass is 9.74. The molecular weight excluding hydrogens is 663 g/mol. The molecule has 0 aliphatic heterocycles. The molecule has 0 saturated carbocycles. The molecule has 1 aliphatic carbocycles. The van der Waals surface area contributed by atoms with Crippen LogP contribution in [0.1, 0.15) is 23.6 Å². The van der Waals surface area contributed by atoms with Crippen molar-refractivity contribution in [3.05, 3.63) is 199 Å². The summed E-state index contributed by atoms with van der Waals surface area (Å²) < 4.78 is 9.83. The highest BCUT2D eigenvalue weighted by atomic mass is 32.1. The molecular formula is C50H33NOS. The Hall–Kier alpha value is -6.42. The van der Waals surface area contributed by atoms with Crippen molar-refractivity contribution >= 4 is 70.5 Å². The van der Waals surface area contributed by atoms with Crippen molar-refractivity contribution in [2.24, 2.45) is 0 Å². The smallest absolute Gasteiger partial charge is 0.159 e. The van der Waals surface area contributed by atoms with Gasteiger partial charge in [-0.25, -0.2) is 0 Å². The summed E-state index contributed by atoms with van der Waals surface area (Å²) in [6, 6.07) is 66.0. The number of nitrogens with zero attached hydrogens (tertiary/aromatic N) is 1. The van der Waals surface area contributed by atoms with E-state index in [0.717, 1.165) is 39.0 Å². The summed E-state index contributed by atoms with van der Waals surface area (Å²) >= 11 is 1.85. The van der Waals surface area contributed by atoms with Gasteiger partial charge in [-0.15, -0.1) is 11.3 Å². The number of rotatable bonds is 5. The van der Waals surface area contributed by atoms with Crippen LogP contribution in [0.4, 0.5) is 17.1 Å². The topological polar surface area (TPSA) is 16.4 Å². The fraction of sp³-hybridized carbons (Fsp3) is 0.0400. The maximum absolute atomic E-state index is 7.24. The molecule has 2 aromatic heterocycles. The Balaban J connectivity index is 1.15. The summed E-state index contributed by atoms with van der Waals surface area (Å²) in [5.74, 6) is 0. The van der Waals surface area contributed by atoms with Crippen LogP contribution in [0.25, 0.3) is 64.4 Å². The molecule has 2 heterocycles. The molecule has 0 N–H and O–H groups in total. The van der Waals surface area contributed by atoms with Gasteiger partial charge in [0.25, 0.3) is 0 Å². The quantitative estimate of drug-likeness (QED) is 0.178. The van der Waals surface area contributed by atoms with Gasteiger partial charge >= 0.3 is 0 Å². The van der Waals surface area contributed by atoms with E-state index in [1.165, 1.54) is 59.1 Å². The number of fused-ring (bicyclic) bond motifs is 9. The second-order valence-electron chi connectivity index (χ2n) is 14.2. The summed E-state index contributed by atoms with van der Waals surface area (Å²) in [6.45, 7) is 2.36. The standard InChI is InChI=1S/C50H33NOS/c1-50(42-20-8-5-15-36(42)37-16-6-9-21-43(37)50)44-22-11-18-39-40-19-12-23-45(49(40)52-48(39)44)51(34-27-25-33(26-28-34)32-13-3-2-4-14-32)35-29-30-47-41(31-35)38-17-7-10-24-46(38)53-47/h2-31H,1H3. The van der Waals surface area contributed by atoms with E-state index in [-0.39, 0.29) is 5.41 Å². The number of para-hydroxylation sites is 2. The summed E-state index contributed by atoms with van der Waals surface area (Å²) in [6.07, 6.45) is 0. The minimum Gasteiger partial charge on any atom is -0.454 e. The summed E-state index contributed by atoms with van der Waals surface area (Å²) in [5.41, 5.74) is 13.4. The van der Waals surface area contributed by atoms with E-state index in [0.29, 0.717) is 0 Å². The van der Waals surface area contributed by atoms with E-state index >= 15 is 0 Å². The fourth-order valence-electron chi connectivity index (χ4n) is 8.83. The second-order valence-corrected chi connectivity index (χ2v) is 15.3. The zero-order chi connectivity index (χ0) is 35.1. The highest BCUT2D eigenvalue weighted by Gasteiger charge is 2.42. The molecule has 3 heteroatoms. The largest absolute Gasteiger partial charge is 0.454 e. The van der Waals surface area contributed by atoms with E-state index < -0.39 is 0 Å². The number of furan rings is 1. The van der Waals surface area contributed by atoms with E-state index in [9.17, 15) is 0 Å². The van der Waals surface area contributed by atoms with Crippen LogP contribution in [0.3, 0.4) is 0 Å². The van der Waals surface area contributed by atoms with E-state index in [1.807, 2.05) is 11.3 Å². The van der Waals surface area contributed by atoms with Crippen molar-refractivity contribution in [1.82, 2.24) is 0 Å². The van der Waals surface area contributed by atoms with E-state index in [4.69, 9.17) is 4.42 Å². The van der Waals surface area contributed by atoms with Gasteiger partial charge in [-0.1, -0.05) is 140 Å². The number of benzene rings is 8. The average Bonchev–Trinajstić information content (AvgIpc) is 3.88. The normalized spacial score (nSPS) is 13.2. The molecule has 0 fully saturated rings. The minimum absolute atomic E-state index is 0.376. The molecule has 8 aromatic carbocycles. The molecule has 1 aliphatic rings. The molecule has 53 heavy (non-hydrogen) atoms. The van der Waals surface area contributed by atoms with Crippen molar-refractivity contribution in [1.29, 1.82) is 0 Å². The van der Waals surface area contributed by atoms with Gasteiger partial charge in [-0.05, 0) is 82.8 Å². The molecule has 0 amide bonds. The number of anilines is 3. The zero-order valence-electron chi connectivity index (χ0n) is 29.1. The van der Waals surface area contributed by atoms with Crippen LogP contribution in [-0.4, -0.2) is 0 Å². The highest BCUT2D eigenvalue weighted by molar-refractivity contribution is 7.25. The Bertz CT molecular complexity index is 2980. The van der Waals surface area contributed by atoms with Crippen LogP contribution in [0, 0.1) is 0 Å². The van der Waals surface area contributed by atoms with Crippen LogP contribution in [-0.2, 0) is 5.41 Å². The van der Waals surface area contributed by atoms with Crippen molar-refractivity contribution in [2.75, 3.05) is 4.90 Å². The van der Waals surface area contributed by atoms with Crippen LogP contribution in [0.5, 0.6) is 0 Å². The van der Waals surface area contributed by atoms with Gasteiger partial charge < -0.3 is 9.32 Å². The first-order chi connectivity index (χ1) is 26.2. The Kier molecular flexibility index (Phi) is 6.58. The third-order valence-electron chi connectivity index (χ3n) is 11.4. The van der Waals surface area contributed by atoms with Crippen LogP contribution >= 0.6 is 11.3 Å². The van der Waals surface area contributed by atoms with E-state index in [2.05, 4.69) is 194 Å². The predicted octanol–water partition coefficient (Wildman–Crippen LogP) is 14.4. The summed E-state index contributed by atoms with van der Waals surface area (Å²) in [7, 11) is 0. The van der Waals surface area contributed by atoms with Crippen LogP contribution < -0.4 is 4.90 Å². The molecule has 0 unspecified atom stereocenters. The number of thiophene rings is 1. The Morgan fingerprint density at radius 3 is 1.77 bits per heavy atom. The van der Waals surface area contributed by atoms with Gasteiger partial charge in [0, 0.05) is 53.3 Å². The first-order valence-electron chi connectivity index (χ1n) is 18.2. The van der Waals surface area contributed by atoms with Crippen LogP contribution in [0.2, 0.25) is 0 Å². The molecule has 2 nitrogen and oxygen atoms in total. The molecule has 0 radical (unpaired) electrons. The molecule has 0 atom stereocenters. The number of hydrogen-bond acceptors (Lipinski definition) is 3. The first-order valence-corrected chi connectivity index (χ1v) is 19.0. The summed E-state index contributed by atoms with van der Waals surface area (Å²) in [5, 5.41) is 4.78. The average molecular weight is 696 g/mol. The minimum atomic E-state index is -0.376. The maximum Gasteiger partial charge on any atom is 0.159 e. The van der Waals surface area contributed by atoms with Gasteiger partial charge in [0.1, 0.15) is 5.58 Å². The lowest BCUT2D eigenvalue weighted by molar-refractivity contribution is 0.638. The Morgan fingerprint density at radius 2 is 1.00 bits per heavy atom. The molecule has 0 bridgehead atoms. The number of hydrogen-bond donors (Lipinski definition) is 0. The predicted molar refractivity (Wildman–Crippen MR) is 224 cm³/mol. The molecule has 10 aromatic rings. The Morgan fingerprint density at radius 1 is 0.434 bits per heavy atom. The summed E-state index contributed by atoms with van der Waals surface area (Å²) in [4.78, 5) is 2.37. The van der Waals surface area contributed by atoms with Gasteiger partial charge in [0.15, 0.2) is 5.58 Å². The lowest BCUT2D eigenvalue weighted by Crippen LogP contribution is -2.22. The van der Waals surface area contributed by atoms with Crippen molar-refractivity contribution < 1.29 is 4.42 Å². The zero-order valence-corrected chi connectivity index (χ0v) is 29.9. The molecule has 0 spiro atoms. The van der Waals surface area contributed by atoms with Gasteiger partial charge in [-0.2, -0.15) is 0 Å². The SMILES string of the molecule is CC1(c2cccc3c2oc2c(N(c4ccc(-c5ccccc5)cc4)c4ccc5sc6ccccc6c5c4)cccc23)c2ccccc2-c2ccccc21.